The van der Waals surface area contributed by atoms with Gasteiger partial charge in [-0.3, -0.25) is 0 Å². The van der Waals surface area contributed by atoms with Crippen LogP contribution in [0, 0.1) is 5.41 Å². The van der Waals surface area contributed by atoms with Gasteiger partial charge in [0.1, 0.15) is 54.8 Å². The van der Waals surface area contributed by atoms with E-state index in [-0.39, 0.29) is 48.1 Å². The van der Waals surface area contributed by atoms with E-state index in [0.29, 0.717) is 0 Å². The molecule has 8 rings (SSSR count). The van der Waals surface area contributed by atoms with Crippen LogP contribution in [0.3, 0.4) is 0 Å². The fourth-order valence-corrected chi connectivity index (χ4v) is 9.15. The zero-order valence-electron chi connectivity index (χ0n) is 41.7. The van der Waals surface area contributed by atoms with Crippen molar-refractivity contribution in [3.63, 3.8) is 0 Å². The zero-order valence-corrected chi connectivity index (χ0v) is 41.7. The van der Waals surface area contributed by atoms with Gasteiger partial charge in [-0.15, -0.1) is 0 Å². The summed E-state index contributed by atoms with van der Waals surface area (Å²) >= 11 is 0. The molecule has 0 aliphatic heterocycles. The number of benzene rings is 8. The van der Waals surface area contributed by atoms with Gasteiger partial charge in [-0.05, 0) is 93.0 Å². The van der Waals surface area contributed by atoms with Crippen LogP contribution in [-0.4, -0.2) is 26.4 Å². The minimum Gasteiger partial charge on any atom is -0.493 e. The molecule has 0 unspecified atom stereocenters. The Morgan fingerprint density at radius 3 is 0.551 bits per heavy atom. The lowest BCUT2D eigenvalue weighted by Crippen LogP contribution is -2.45. The molecule has 69 heavy (non-hydrogen) atoms. The minimum atomic E-state index is -0.770. The van der Waals surface area contributed by atoms with Crippen molar-refractivity contribution >= 4 is 0 Å². The van der Waals surface area contributed by atoms with E-state index in [1.807, 2.05) is 0 Å². The van der Waals surface area contributed by atoms with Crippen LogP contribution in [0.25, 0.3) is 0 Å². The van der Waals surface area contributed by atoms with E-state index in [1.54, 1.807) is 0 Å². The van der Waals surface area contributed by atoms with E-state index in [9.17, 15) is 0 Å². The smallest absolute Gasteiger partial charge is 0.119 e. The van der Waals surface area contributed by atoms with Crippen molar-refractivity contribution < 1.29 is 18.9 Å². The maximum atomic E-state index is 6.81. The quantitative estimate of drug-likeness (QED) is 0.0763. The molecule has 0 amide bonds. The molecule has 0 bridgehead atoms. The highest BCUT2D eigenvalue weighted by molar-refractivity contribution is 5.44. The Balaban J connectivity index is 1.09. The number of hydrogen-bond acceptors (Lipinski definition) is 4. The van der Waals surface area contributed by atoms with Crippen LogP contribution in [0.2, 0.25) is 0 Å². The second-order valence-corrected chi connectivity index (χ2v) is 20.7. The van der Waals surface area contributed by atoms with Gasteiger partial charge in [0.15, 0.2) is 0 Å². The monoisotopic (exact) mass is 913 g/mol. The summed E-state index contributed by atoms with van der Waals surface area (Å²) in [5, 5.41) is 0. The largest absolute Gasteiger partial charge is 0.493 e. The first-order chi connectivity index (χ1) is 33.2. The molecule has 0 saturated heterocycles. The SMILES string of the molecule is CC(C)(c1ccccc1)c1ccc(OCC(COc2ccc(C(C)(C)c3ccccc3)cc2)(COc2ccc(C(C)(C)c3ccccc3)cc2)COc2ccc(C(C)(C)c3ccccc3)cc2)cc1. The average Bonchev–Trinajstić information content (AvgIpc) is 3.39. The van der Waals surface area contributed by atoms with Gasteiger partial charge in [0.25, 0.3) is 0 Å². The Morgan fingerprint density at radius 1 is 0.217 bits per heavy atom. The van der Waals surface area contributed by atoms with Crippen molar-refractivity contribution in [2.75, 3.05) is 26.4 Å². The van der Waals surface area contributed by atoms with Crippen molar-refractivity contribution in [1.29, 1.82) is 0 Å². The van der Waals surface area contributed by atoms with Gasteiger partial charge in [-0.2, -0.15) is 0 Å². The van der Waals surface area contributed by atoms with Gasteiger partial charge < -0.3 is 18.9 Å². The van der Waals surface area contributed by atoms with Crippen LogP contribution in [0.1, 0.15) is 99.9 Å². The Labute approximate surface area is 411 Å². The van der Waals surface area contributed by atoms with Crippen molar-refractivity contribution in [2.45, 2.75) is 77.0 Å². The summed E-state index contributed by atoms with van der Waals surface area (Å²) in [6.07, 6.45) is 0. The predicted octanol–water partition coefficient (Wildman–Crippen LogP) is 15.6. The number of hydrogen-bond donors (Lipinski definition) is 0. The zero-order chi connectivity index (χ0) is 48.5. The molecule has 352 valence electrons. The maximum absolute atomic E-state index is 6.81. The van der Waals surface area contributed by atoms with E-state index in [0.717, 1.165) is 23.0 Å². The molecular formula is C65H68O4. The molecule has 0 spiro atoms. The summed E-state index contributed by atoms with van der Waals surface area (Å²) in [7, 11) is 0. The molecule has 4 nitrogen and oxygen atoms in total. The van der Waals surface area contributed by atoms with Gasteiger partial charge >= 0.3 is 0 Å². The standard InChI is InChI=1S/C65H68O4/c1-61(2,49-21-13-9-14-22-49)53-29-37-57(38-30-53)66-45-65(46-67-58-39-31-54(32-40-58)62(3,4)50-23-15-10-16-24-50,47-68-59-41-33-55(34-42-59)63(5,6)51-25-17-11-18-26-51)48-69-60-43-35-56(36-44-60)64(7,8)52-27-19-12-20-28-52/h9-44H,45-48H2,1-8H3. The molecule has 0 heterocycles. The van der Waals surface area contributed by atoms with E-state index in [1.165, 1.54) is 44.5 Å². The Hall–Kier alpha value is -7.04. The normalized spacial score (nSPS) is 12.3. The molecule has 0 aliphatic rings. The van der Waals surface area contributed by atoms with E-state index < -0.39 is 5.41 Å². The summed E-state index contributed by atoms with van der Waals surface area (Å²) in [6, 6.07) is 76.4. The Bertz CT molecular complexity index is 2410. The Kier molecular flexibility index (Phi) is 14.5. The fourth-order valence-electron chi connectivity index (χ4n) is 9.15. The number of rotatable bonds is 20. The van der Waals surface area contributed by atoms with Crippen molar-refractivity contribution in [2.24, 2.45) is 5.41 Å². The molecule has 0 fully saturated rings. The van der Waals surface area contributed by atoms with Crippen molar-refractivity contribution in [1.82, 2.24) is 0 Å². The van der Waals surface area contributed by atoms with Gasteiger partial charge in [0.05, 0.1) is 0 Å². The summed E-state index contributed by atoms with van der Waals surface area (Å²) in [4.78, 5) is 0. The van der Waals surface area contributed by atoms with Crippen LogP contribution in [-0.2, 0) is 21.7 Å². The molecule has 0 radical (unpaired) electrons. The summed E-state index contributed by atoms with van der Waals surface area (Å²) in [5.74, 6) is 3.05. The van der Waals surface area contributed by atoms with E-state index in [2.05, 4.69) is 274 Å². The third kappa shape index (κ3) is 11.3. The maximum Gasteiger partial charge on any atom is 0.119 e. The summed E-state index contributed by atoms with van der Waals surface area (Å²) in [5.41, 5.74) is 8.38. The fraction of sp³-hybridized carbons (Fsp3) is 0.262. The minimum absolute atomic E-state index is 0.178. The third-order valence-corrected chi connectivity index (χ3v) is 14.5. The average molecular weight is 913 g/mol. The van der Waals surface area contributed by atoms with Gasteiger partial charge in [-0.1, -0.05) is 225 Å². The second-order valence-electron chi connectivity index (χ2n) is 20.7. The molecule has 0 aliphatic carbocycles. The molecule has 8 aromatic carbocycles. The molecule has 0 aromatic heterocycles. The predicted molar refractivity (Wildman–Crippen MR) is 284 cm³/mol. The summed E-state index contributed by atoms with van der Waals surface area (Å²) < 4.78 is 27.2. The van der Waals surface area contributed by atoms with Crippen LogP contribution in [0.4, 0.5) is 0 Å². The molecule has 0 atom stereocenters. The van der Waals surface area contributed by atoms with E-state index >= 15 is 0 Å². The van der Waals surface area contributed by atoms with Gasteiger partial charge in [-0.25, -0.2) is 0 Å². The first-order valence-corrected chi connectivity index (χ1v) is 24.3. The van der Waals surface area contributed by atoms with Gasteiger partial charge in [0.2, 0.25) is 0 Å². The molecule has 0 N–H and O–H groups in total. The first kappa shape index (κ1) is 48.4. The molecule has 0 saturated carbocycles. The molecule has 8 aromatic rings. The second kappa shape index (κ2) is 20.7. The summed E-state index contributed by atoms with van der Waals surface area (Å²) in [6.45, 7) is 19.1. The first-order valence-electron chi connectivity index (χ1n) is 24.3. The molecule has 4 heteroatoms. The van der Waals surface area contributed by atoms with Crippen LogP contribution in [0.15, 0.2) is 218 Å². The lowest BCUT2D eigenvalue weighted by atomic mass is 9.78. The molecular weight excluding hydrogens is 845 g/mol. The number of ether oxygens (including phenoxy) is 4. The lowest BCUT2D eigenvalue weighted by Gasteiger charge is -2.34. The van der Waals surface area contributed by atoms with Crippen LogP contribution in [0.5, 0.6) is 23.0 Å². The van der Waals surface area contributed by atoms with Crippen molar-refractivity contribution in [3.05, 3.63) is 263 Å². The van der Waals surface area contributed by atoms with Gasteiger partial charge in [0, 0.05) is 21.7 Å². The highest BCUT2D eigenvalue weighted by atomic mass is 16.5. The highest BCUT2D eigenvalue weighted by Crippen LogP contribution is 2.37. The van der Waals surface area contributed by atoms with Crippen molar-refractivity contribution in [3.8, 4) is 23.0 Å². The van der Waals surface area contributed by atoms with Crippen LogP contribution < -0.4 is 18.9 Å². The lowest BCUT2D eigenvalue weighted by molar-refractivity contribution is -0.00354. The topological polar surface area (TPSA) is 36.9 Å². The van der Waals surface area contributed by atoms with E-state index in [4.69, 9.17) is 18.9 Å². The Morgan fingerprint density at radius 2 is 0.377 bits per heavy atom. The highest BCUT2D eigenvalue weighted by Gasteiger charge is 2.37. The third-order valence-electron chi connectivity index (χ3n) is 14.5. The van der Waals surface area contributed by atoms with Crippen LogP contribution >= 0.6 is 0 Å².